The minimum absolute atomic E-state index is 0.0911. The normalized spacial score (nSPS) is 22.8. The minimum atomic E-state index is -0.981. The van der Waals surface area contributed by atoms with Crippen molar-refractivity contribution in [2.45, 2.75) is 57.0 Å². The molecule has 1 atom stereocenters. The number of piperidine rings is 3. The van der Waals surface area contributed by atoms with E-state index >= 15 is 0 Å². The Bertz CT molecular complexity index is 2200. The van der Waals surface area contributed by atoms with Crippen molar-refractivity contribution in [3.63, 3.8) is 0 Å². The molecule has 0 aliphatic carbocycles. The summed E-state index contributed by atoms with van der Waals surface area (Å²) < 4.78 is 0. The fourth-order valence-corrected chi connectivity index (χ4v) is 10.3. The number of hydrogen-bond acceptors (Lipinski definition) is 9. The van der Waals surface area contributed by atoms with Crippen LogP contribution in [0, 0.1) is 12.0 Å². The highest BCUT2D eigenvalue weighted by Crippen LogP contribution is 2.43. The van der Waals surface area contributed by atoms with Crippen LogP contribution in [0.3, 0.4) is 0 Å². The number of carbonyl (C=O) groups is 5. The molecule has 0 radical (unpaired) electrons. The molecule has 6 aliphatic rings. The number of carbonyl (C=O) groups excluding carboxylic acids is 5. The third-order valence-electron chi connectivity index (χ3n) is 13.5. The van der Waals surface area contributed by atoms with Crippen LogP contribution in [0.4, 0.5) is 22.7 Å². The molecule has 300 valence electrons. The average molecular weight is 803 g/mol. The molecule has 6 aliphatic heterocycles. The van der Waals surface area contributed by atoms with Crippen molar-refractivity contribution in [3.8, 4) is 0 Å². The number of nitrogens with zero attached hydrogens (tertiary/aromatic N) is 7. The monoisotopic (exact) mass is 802 g/mol. The number of imide groups is 2. The fourth-order valence-electron chi connectivity index (χ4n) is 10.1. The molecule has 5 amide bonds. The molecule has 0 aromatic heterocycles. The van der Waals surface area contributed by atoms with Crippen LogP contribution in [0.5, 0.6) is 0 Å². The third-order valence-corrected chi connectivity index (χ3v) is 13.8. The largest absolute Gasteiger partial charge is 0.372 e. The lowest BCUT2D eigenvalue weighted by Gasteiger charge is -2.44. The summed E-state index contributed by atoms with van der Waals surface area (Å²) in [5.41, 5.74) is 4.93. The molecule has 0 bridgehead atoms. The van der Waals surface area contributed by atoms with E-state index in [1.807, 2.05) is 35.2 Å². The summed E-state index contributed by atoms with van der Waals surface area (Å²) >= 11 is 6.31. The SMILES string of the molecule is [C-]#[N+]c1ccc(N2CCC3(CCN(C(=O)c4ccc(N5CCN(C6CCN(c7cccc8c7C(=O)N(C7CCC(=O)NC7=O)C8=O)CC6)CC5)cc4)C3)CC2)cc1Cl. The number of rotatable bonds is 6. The first kappa shape index (κ1) is 38.1. The topological polar surface area (TPSA) is 121 Å². The number of likely N-dealkylation sites (tertiary alicyclic amines) is 1. The summed E-state index contributed by atoms with van der Waals surface area (Å²) in [6.45, 7) is 15.8. The highest BCUT2D eigenvalue weighted by atomic mass is 35.5. The van der Waals surface area contributed by atoms with Gasteiger partial charge in [-0.15, -0.1) is 0 Å². The van der Waals surface area contributed by atoms with Crippen molar-refractivity contribution in [2.24, 2.45) is 5.41 Å². The van der Waals surface area contributed by atoms with E-state index in [0.717, 1.165) is 125 Å². The zero-order chi connectivity index (χ0) is 40.1. The van der Waals surface area contributed by atoms with Gasteiger partial charge < -0.3 is 19.6 Å². The van der Waals surface area contributed by atoms with E-state index in [2.05, 4.69) is 41.9 Å². The molecular formula is C44H47ClN8O5. The summed E-state index contributed by atoms with van der Waals surface area (Å²) in [7, 11) is 0. The first-order valence-corrected chi connectivity index (χ1v) is 20.9. The summed E-state index contributed by atoms with van der Waals surface area (Å²) in [5, 5.41) is 2.76. The van der Waals surface area contributed by atoms with Crippen LogP contribution >= 0.6 is 11.6 Å². The Balaban J connectivity index is 0.749. The third kappa shape index (κ3) is 6.96. The molecule has 1 unspecified atom stereocenters. The van der Waals surface area contributed by atoms with Crippen molar-refractivity contribution in [1.82, 2.24) is 20.0 Å². The van der Waals surface area contributed by atoms with E-state index in [4.69, 9.17) is 18.2 Å². The van der Waals surface area contributed by atoms with E-state index < -0.39 is 23.8 Å². The predicted molar refractivity (Wildman–Crippen MR) is 221 cm³/mol. The molecule has 3 aromatic carbocycles. The standard InChI is InChI=1S/C44H47ClN8O5/c1-46-35-10-9-32(27-34(35)45)48-20-15-44(16-21-48)17-22-52(28-44)41(56)29-5-7-30(8-6-29)49-23-25-50(26-24-49)31-13-18-51(19-14-31)36-4-2-3-33-39(36)43(58)53(42(33)57)37-11-12-38(54)47-40(37)55/h2-10,27,31,37H,11-26,28H2,(H,47,54,55). The van der Waals surface area contributed by atoms with E-state index in [1.54, 1.807) is 18.2 Å². The Morgan fingerprint density at radius 1 is 0.759 bits per heavy atom. The molecule has 1 spiro atoms. The van der Waals surface area contributed by atoms with Gasteiger partial charge in [0, 0.05) is 99.9 Å². The molecule has 58 heavy (non-hydrogen) atoms. The zero-order valence-corrected chi connectivity index (χ0v) is 33.3. The number of piperazine rings is 1. The number of fused-ring (bicyclic) bond motifs is 1. The summed E-state index contributed by atoms with van der Waals surface area (Å²) in [4.78, 5) is 81.0. The molecule has 6 heterocycles. The van der Waals surface area contributed by atoms with Gasteiger partial charge in [-0.2, -0.15) is 0 Å². The van der Waals surface area contributed by atoms with E-state index in [0.29, 0.717) is 27.9 Å². The van der Waals surface area contributed by atoms with Gasteiger partial charge in [0.2, 0.25) is 17.5 Å². The highest BCUT2D eigenvalue weighted by molar-refractivity contribution is 6.33. The van der Waals surface area contributed by atoms with Crippen LogP contribution < -0.4 is 20.0 Å². The lowest BCUT2D eigenvalue weighted by molar-refractivity contribution is -0.136. The molecule has 14 heteroatoms. The molecule has 3 aromatic rings. The summed E-state index contributed by atoms with van der Waals surface area (Å²) in [6.07, 6.45) is 5.16. The number of halogens is 1. The van der Waals surface area contributed by atoms with Crippen LogP contribution in [0.25, 0.3) is 4.85 Å². The Morgan fingerprint density at radius 3 is 2.14 bits per heavy atom. The molecular weight excluding hydrogens is 756 g/mol. The van der Waals surface area contributed by atoms with Crippen LogP contribution in [0.1, 0.15) is 76.0 Å². The van der Waals surface area contributed by atoms with Crippen molar-refractivity contribution >= 4 is 63.9 Å². The fraction of sp³-hybridized carbons (Fsp3) is 0.455. The molecule has 9 rings (SSSR count). The van der Waals surface area contributed by atoms with Gasteiger partial charge in [0.1, 0.15) is 6.04 Å². The van der Waals surface area contributed by atoms with Gasteiger partial charge in [0.25, 0.3) is 17.7 Å². The number of hydrogen-bond donors (Lipinski definition) is 1. The Kier molecular flexibility index (Phi) is 10.1. The molecule has 5 saturated heterocycles. The van der Waals surface area contributed by atoms with Gasteiger partial charge in [-0.1, -0.05) is 23.7 Å². The van der Waals surface area contributed by atoms with Crippen LogP contribution in [-0.4, -0.2) is 122 Å². The number of anilines is 3. The number of benzene rings is 3. The Morgan fingerprint density at radius 2 is 1.45 bits per heavy atom. The van der Waals surface area contributed by atoms with Crippen molar-refractivity contribution < 1.29 is 24.0 Å². The molecule has 0 saturated carbocycles. The predicted octanol–water partition coefficient (Wildman–Crippen LogP) is 5.22. The number of nitrogens with one attached hydrogen (secondary N) is 1. The first-order chi connectivity index (χ1) is 28.1. The second-order valence-corrected chi connectivity index (χ2v) is 17.1. The second kappa shape index (κ2) is 15.4. The van der Waals surface area contributed by atoms with Crippen molar-refractivity contribution in [3.05, 3.63) is 93.8 Å². The molecule has 5 fully saturated rings. The van der Waals surface area contributed by atoms with Crippen LogP contribution in [0.15, 0.2) is 60.7 Å². The summed E-state index contributed by atoms with van der Waals surface area (Å²) in [6, 6.07) is 18.6. The smallest absolute Gasteiger partial charge is 0.264 e. The van der Waals surface area contributed by atoms with E-state index in [1.165, 1.54) is 0 Å². The van der Waals surface area contributed by atoms with E-state index in [9.17, 15) is 24.0 Å². The van der Waals surface area contributed by atoms with Gasteiger partial charge in [0.15, 0.2) is 0 Å². The van der Waals surface area contributed by atoms with Gasteiger partial charge >= 0.3 is 0 Å². The van der Waals surface area contributed by atoms with Gasteiger partial charge in [-0.3, -0.25) is 39.1 Å². The Labute approximate surface area is 343 Å². The highest BCUT2D eigenvalue weighted by Gasteiger charge is 2.47. The quantitative estimate of drug-likeness (QED) is 0.265. The Hall–Kier alpha value is -5.45. The molecule has 13 nitrogen and oxygen atoms in total. The first-order valence-electron chi connectivity index (χ1n) is 20.5. The number of amides is 5. The van der Waals surface area contributed by atoms with Crippen molar-refractivity contribution in [1.29, 1.82) is 0 Å². The maximum atomic E-state index is 13.7. The summed E-state index contributed by atoms with van der Waals surface area (Å²) in [5.74, 6) is -1.83. The lowest BCUT2D eigenvalue weighted by atomic mass is 9.77. The lowest BCUT2D eigenvalue weighted by Crippen LogP contribution is -2.54. The molecule has 1 N–H and O–H groups in total. The van der Waals surface area contributed by atoms with E-state index in [-0.39, 0.29) is 30.1 Å². The van der Waals surface area contributed by atoms with Gasteiger partial charge in [0.05, 0.1) is 23.4 Å². The minimum Gasteiger partial charge on any atom is -0.372 e. The maximum absolute atomic E-state index is 13.7. The van der Waals surface area contributed by atoms with Gasteiger partial charge in [-0.25, -0.2) is 4.85 Å². The van der Waals surface area contributed by atoms with Gasteiger partial charge in [-0.05, 0) is 92.5 Å². The second-order valence-electron chi connectivity index (χ2n) is 16.6. The van der Waals surface area contributed by atoms with Crippen LogP contribution in [-0.2, 0) is 9.59 Å². The van der Waals surface area contributed by atoms with Crippen molar-refractivity contribution in [2.75, 3.05) is 80.1 Å². The van der Waals surface area contributed by atoms with Crippen LogP contribution in [0.2, 0.25) is 5.02 Å². The average Bonchev–Trinajstić information content (AvgIpc) is 3.78. The zero-order valence-electron chi connectivity index (χ0n) is 32.5. The maximum Gasteiger partial charge on any atom is 0.264 e.